The van der Waals surface area contributed by atoms with Crippen molar-refractivity contribution in [1.82, 2.24) is 4.98 Å². The number of hydrogen-bond acceptors (Lipinski definition) is 5. The summed E-state index contributed by atoms with van der Waals surface area (Å²) in [4.78, 5) is 4.43. The number of hydrogen-bond donors (Lipinski definition) is 1. The molecule has 0 saturated carbocycles. The number of methoxy groups -OCH3 is 1. The van der Waals surface area contributed by atoms with Crippen molar-refractivity contribution < 1.29 is 14.4 Å². The molecule has 1 aromatic heterocycles. The number of benzene rings is 2. The van der Waals surface area contributed by atoms with Crippen LogP contribution in [0.15, 0.2) is 52.0 Å². The SMILES string of the molecule is COc1ccc(-c2nc3cc(/C=N/O)ccc3o2)cc1. The lowest BCUT2D eigenvalue weighted by atomic mass is 10.2. The van der Waals surface area contributed by atoms with E-state index in [0.717, 1.165) is 16.9 Å². The summed E-state index contributed by atoms with van der Waals surface area (Å²) in [6, 6.07) is 12.9. The molecule has 3 rings (SSSR count). The van der Waals surface area contributed by atoms with Crippen LogP contribution in [0.3, 0.4) is 0 Å². The Morgan fingerprint density at radius 3 is 2.70 bits per heavy atom. The quantitative estimate of drug-likeness (QED) is 0.449. The maximum atomic E-state index is 8.54. The van der Waals surface area contributed by atoms with Gasteiger partial charge in [-0.05, 0) is 48.0 Å². The first-order valence-corrected chi connectivity index (χ1v) is 6.02. The third-order valence-electron chi connectivity index (χ3n) is 2.96. The Morgan fingerprint density at radius 1 is 1.20 bits per heavy atom. The number of ether oxygens (including phenoxy) is 1. The van der Waals surface area contributed by atoms with E-state index in [1.165, 1.54) is 6.21 Å². The molecule has 0 fully saturated rings. The number of oxime groups is 1. The summed E-state index contributed by atoms with van der Waals surface area (Å²) in [6.45, 7) is 0. The molecule has 0 aliphatic heterocycles. The van der Waals surface area contributed by atoms with Gasteiger partial charge < -0.3 is 14.4 Å². The Morgan fingerprint density at radius 2 is 2.00 bits per heavy atom. The second-order valence-corrected chi connectivity index (χ2v) is 4.22. The molecular weight excluding hydrogens is 256 g/mol. The predicted octanol–water partition coefficient (Wildman–Crippen LogP) is 3.31. The normalized spacial score (nSPS) is 11.2. The molecule has 0 aliphatic carbocycles. The van der Waals surface area contributed by atoms with Crippen molar-refractivity contribution in [3.63, 3.8) is 0 Å². The Kier molecular flexibility index (Phi) is 3.09. The molecule has 5 nitrogen and oxygen atoms in total. The van der Waals surface area contributed by atoms with Gasteiger partial charge in [0.25, 0.3) is 0 Å². The van der Waals surface area contributed by atoms with E-state index in [2.05, 4.69) is 10.1 Å². The van der Waals surface area contributed by atoms with Gasteiger partial charge >= 0.3 is 0 Å². The number of nitrogens with zero attached hydrogens (tertiary/aromatic N) is 2. The van der Waals surface area contributed by atoms with Crippen LogP contribution in [-0.2, 0) is 0 Å². The molecule has 2 aromatic carbocycles. The van der Waals surface area contributed by atoms with Crippen LogP contribution in [0.25, 0.3) is 22.6 Å². The molecule has 0 spiro atoms. The summed E-state index contributed by atoms with van der Waals surface area (Å²) < 4.78 is 10.8. The zero-order chi connectivity index (χ0) is 13.9. The summed E-state index contributed by atoms with van der Waals surface area (Å²) in [5, 5.41) is 11.5. The topological polar surface area (TPSA) is 67.9 Å². The van der Waals surface area contributed by atoms with Gasteiger partial charge in [-0.25, -0.2) is 4.98 Å². The number of oxazole rings is 1. The summed E-state index contributed by atoms with van der Waals surface area (Å²) in [5.74, 6) is 1.33. The first-order valence-electron chi connectivity index (χ1n) is 6.02. The van der Waals surface area contributed by atoms with Crippen LogP contribution < -0.4 is 4.74 Å². The smallest absolute Gasteiger partial charge is 0.227 e. The third-order valence-corrected chi connectivity index (χ3v) is 2.96. The minimum atomic E-state index is 0.542. The maximum Gasteiger partial charge on any atom is 0.227 e. The predicted molar refractivity (Wildman–Crippen MR) is 75.4 cm³/mol. The Hall–Kier alpha value is -2.82. The highest BCUT2D eigenvalue weighted by molar-refractivity contribution is 5.86. The van der Waals surface area contributed by atoms with Gasteiger partial charge in [0.1, 0.15) is 11.3 Å². The maximum absolute atomic E-state index is 8.54. The molecule has 3 aromatic rings. The van der Waals surface area contributed by atoms with Crippen molar-refractivity contribution in [2.75, 3.05) is 7.11 Å². The molecule has 0 atom stereocenters. The summed E-state index contributed by atoms with van der Waals surface area (Å²) in [6.07, 6.45) is 1.35. The van der Waals surface area contributed by atoms with Gasteiger partial charge in [-0.2, -0.15) is 0 Å². The fraction of sp³-hybridized carbons (Fsp3) is 0.0667. The van der Waals surface area contributed by atoms with Crippen LogP contribution in [-0.4, -0.2) is 23.5 Å². The molecule has 20 heavy (non-hydrogen) atoms. The Labute approximate surface area is 115 Å². The highest BCUT2D eigenvalue weighted by atomic mass is 16.5. The lowest BCUT2D eigenvalue weighted by Gasteiger charge is -1.99. The number of aromatic nitrogens is 1. The van der Waals surface area contributed by atoms with Crippen LogP contribution in [0.4, 0.5) is 0 Å². The van der Waals surface area contributed by atoms with Gasteiger partial charge in [-0.3, -0.25) is 0 Å². The van der Waals surface area contributed by atoms with Gasteiger partial charge in [-0.15, -0.1) is 0 Å². The first-order chi connectivity index (χ1) is 9.80. The molecule has 0 amide bonds. The van der Waals surface area contributed by atoms with E-state index in [4.69, 9.17) is 14.4 Å². The van der Waals surface area contributed by atoms with E-state index < -0.39 is 0 Å². The highest BCUT2D eigenvalue weighted by Gasteiger charge is 2.08. The van der Waals surface area contributed by atoms with Crippen LogP contribution in [0, 0.1) is 0 Å². The first kappa shape index (κ1) is 12.2. The molecule has 0 radical (unpaired) electrons. The van der Waals surface area contributed by atoms with Gasteiger partial charge in [0.05, 0.1) is 13.3 Å². The van der Waals surface area contributed by atoms with Crippen molar-refractivity contribution in [2.45, 2.75) is 0 Å². The molecule has 100 valence electrons. The van der Waals surface area contributed by atoms with Crippen LogP contribution in [0.2, 0.25) is 0 Å². The summed E-state index contributed by atoms with van der Waals surface area (Å²) in [5.41, 5.74) is 3.04. The Bertz CT molecular complexity index is 760. The van der Waals surface area contributed by atoms with E-state index in [1.54, 1.807) is 25.3 Å². The van der Waals surface area contributed by atoms with Gasteiger partial charge in [0, 0.05) is 5.56 Å². The second kappa shape index (κ2) is 5.05. The lowest BCUT2D eigenvalue weighted by molar-refractivity contribution is 0.322. The van der Waals surface area contributed by atoms with Crippen molar-refractivity contribution >= 4 is 17.3 Å². The van der Waals surface area contributed by atoms with Crippen molar-refractivity contribution in [2.24, 2.45) is 5.16 Å². The standard InChI is InChI=1S/C15H12N2O3/c1-19-12-5-3-11(4-6-12)15-17-13-8-10(9-16-18)2-7-14(13)20-15/h2-9,18H,1H3/b16-9+. The molecule has 1 N–H and O–H groups in total. The van der Waals surface area contributed by atoms with Crippen molar-refractivity contribution in [3.8, 4) is 17.2 Å². The van der Waals surface area contributed by atoms with E-state index in [-0.39, 0.29) is 0 Å². The van der Waals surface area contributed by atoms with E-state index in [9.17, 15) is 0 Å². The van der Waals surface area contributed by atoms with E-state index >= 15 is 0 Å². The minimum Gasteiger partial charge on any atom is -0.497 e. The zero-order valence-corrected chi connectivity index (χ0v) is 10.8. The second-order valence-electron chi connectivity index (χ2n) is 4.22. The fourth-order valence-corrected chi connectivity index (χ4v) is 1.95. The average Bonchev–Trinajstić information content (AvgIpc) is 2.91. The largest absolute Gasteiger partial charge is 0.497 e. The minimum absolute atomic E-state index is 0.542. The Balaban J connectivity index is 2.03. The molecule has 0 aliphatic rings. The lowest BCUT2D eigenvalue weighted by Crippen LogP contribution is -1.82. The summed E-state index contributed by atoms with van der Waals surface area (Å²) in [7, 11) is 1.62. The fourth-order valence-electron chi connectivity index (χ4n) is 1.95. The highest BCUT2D eigenvalue weighted by Crippen LogP contribution is 2.26. The molecule has 0 saturated heterocycles. The summed E-state index contributed by atoms with van der Waals surface area (Å²) >= 11 is 0. The zero-order valence-electron chi connectivity index (χ0n) is 10.8. The average molecular weight is 268 g/mol. The number of rotatable bonds is 3. The molecule has 0 bridgehead atoms. The van der Waals surface area contributed by atoms with Gasteiger partial charge in [-0.1, -0.05) is 5.16 Å². The van der Waals surface area contributed by atoms with E-state index in [0.29, 0.717) is 17.0 Å². The number of fused-ring (bicyclic) bond motifs is 1. The van der Waals surface area contributed by atoms with Crippen molar-refractivity contribution in [3.05, 3.63) is 48.0 Å². The molecule has 1 heterocycles. The van der Waals surface area contributed by atoms with Crippen LogP contribution >= 0.6 is 0 Å². The monoisotopic (exact) mass is 268 g/mol. The van der Waals surface area contributed by atoms with Crippen molar-refractivity contribution in [1.29, 1.82) is 0 Å². The van der Waals surface area contributed by atoms with Gasteiger partial charge in [0.15, 0.2) is 5.58 Å². The van der Waals surface area contributed by atoms with Crippen LogP contribution in [0.5, 0.6) is 5.75 Å². The molecular formula is C15H12N2O3. The van der Waals surface area contributed by atoms with Crippen LogP contribution in [0.1, 0.15) is 5.56 Å². The molecule has 5 heteroatoms. The van der Waals surface area contributed by atoms with Gasteiger partial charge in [0.2, 0.25) is 5.89 Å². The molecule has 0 unspecified atom stereocenters. The van der Waals surface area contributed by atoms with E-state index in [1.807, 2.05) is 24.3 Å². The third kappa shape index (κ3) is 2.21.